The van der Waals surface area contributed by atoms with E-state index in [9.17, 15) is 16.8 Å². The molecule has 8 heteroatoms. The lowest BCUT2D eigenvalue weighted by Crippen LogP contribution is -2.35. The minimum Gasteiger partial charge on any atom is -0.207 e. The van der Waals surface area contributed by atoms with Gasteiger partial charge in [-0.05, 0) is 49.9 Å². The summed E-state index contributed by atoms with van der Waals surface area (Å²) in [6, 6.07) is 5.73. The second-order valence-electron chi connectivity index (χ2n) is 7.11. The van der Waals surface area contributed by atoms with E-state index in [-0.39, 0.29) is 9.79 Å². The summed E-state index contributed by atoms with van der Waals surface area (Å²) >= 11 is 0. The Morgan fingerprint density at radius 3 is 1.12 bits per heavy atom. The lowest BCUT2D eigenvalue weighted by molar-refractivity contribution is 0.346. The van der Waals surface area contributed by atoms with Crippen LogP contribution in [-0.2, 0) is 20.0 Å². The molecule has 2 saturated heterocycles. The Hall–Kier alpha value is -0.960. The summed E-state index contributed by atoms with van der Waals surface area (Å²) in [5.74, 6) is 0. The summed E-state index contributed by atoms with van der Waals surface area (Å²) in [5.41, 5.74) is 0. The molecule has 6 nitrogen and oxygen atoms in total. The van der Waals surface area contributed by atoms with E-state index in [0.29, 0.717) is 26.2 Å². The summed E-state index contributed by atoms with van der Waals surface area (Å²) in [7, 11) is -7.10. The standard InChI is InChI=1S/C18H28N2O4S2/c21-25(22,19-13-5-2-1-3-6-14-19)17-9-11-18(12-10-17)26(23,24)20-15-7-4-8-16-20/h9-12H,1-8,13-16H2. The van der Waals surface area contributed by atoms with E-state index in [1.165, 1.54) is 28.6 Å². The zero-order valence-electron chi connectivity index (χ0n) is 15.1. The van der Waals surface area contributed by atoms with Gasteiger partial charge in [-0.2, -0.15) is 8.61 Å². The van der Waals surface area contributed by atoms with Crippen LogP contribution >= 0.6 is 0 Å². The lowest BCUT2D eigenvalue weighted by Gasteiger charge is -2.26. The first-order valence-electron chi connectivity index (χ1n) is 9.53. The van der Waals surface area contributed by atoms with Gasteiger partial charge in [-0.3, -0.25) is 0 Å². The Morgan fingerprint density at radius 1 is 0.500 bits per heavy atom. The molecule has 0 unspecified atom stereocenters. The maximum atomic E-state index is 12.9. The van der Waals surface area contributed by atoms with Gasteiger partial charge >= 0.3 is 0 Å². The quantitative estimate of drug-likeness (QED) is 0.779. The van der Waals surface area contributed by atoms with Crippen LogP contribution in [0.4, 0.5) is 0 Å². The number of hydrogen-bond donors (Lipinski definition) is 0. The van der Waals surface area contributed by atoms with Crippen LogP contribution in [0, 0.1) is 0 Å². The SMILES string of the molecule is O=S(=O)(c1ccc(S(=O)(=O)N2CCCCC2)cc1)N1CCCCCCC1. The summed E-state index contributed by atoms with van der Waals surface area (Å²) in [4.78, 5) is 0.349. The fraction of sp³-hybridized carbons (Fsp3) is 0.667. The molecular weight excluding hydrogens is 372 g/mol. The van der Waals surface area contributed by atoms with E-state index in [0.717, 1.165) is 51.4 Å². The van der Waals surface area contributed by atoms with Gasteiger partial charge in [0.15, 0.2) is 0 Å². The molecule has 1 aromatic carbocycles. The molecule has 0 radical (unpaired) electrons. The fourth-order valence-corrected chi connectivity index (χ4v) is 6.68. The first kappa shape index (κ1) is 19.8. The molecule has 3 rings (SSSR count). The molecule has 2 aliphatic heterocycles. The third-order valence-electron chi connectivity index (χ3n) is 5.23. The number of rotatable bonds is 4. The fourth-order valence-electron chi connectivity index (χ4n) is 3.65. The van der Waals surface area contributed by atoms with Crippen molar-refractivity contribution in [3.05, 3.63) is 24.3 Å². The molecule has 146 valence electrons. The van der Waals surface area contributed by atoms with Crippen molar-refractivity contribution in [1.29, 1.82) is 0 Å². The predicted molar refractivity (Wildman–Crippen MR) is 101 cm³/mol. The third kappa shape index (κ3) is 4.30. The van der Waals surface area contributed by atoms with Crippen LogP contribution in [0.15, 0.2) is 34.1 Å². The van der Waals surface area contributed by atoms with Crippen molar-refractivity contribution < 1.29 is 16.8 Å². The zero-order chi connectivity index (χ0) is 18.6. The molecule has 26 heavy (non-hydrogen) atoms. The molecule has 2 aliphatic rings. The van der Waals surface area contributed by atoms with Crippen molar-refractivity contribution >= 4 is 20.0 Å². The number of sulfonamides is 2. The van der Waals surface area contributed by atoms with Crippen LogP contribution in [0.3, 0.4) is 0 Å². The molecular formula is C18H28N2O4S2. The van der Waals surface area contributed by atoms with Crippen molar-refractivity contribution in [3.63, 3.8) is 0 Å². The molecule has 0 spiro atoms. The highest BCUT2D eigenvalue weighted by Gasteiger charge is 2.28. The Morgan fingerprint density at radius 2 is 0.769 bits per heavy atom. The molecule has 0 bridgehead atoms. The zero-order valence-corrected chi connectivity index (χ0v) is 16.8. The van der Waals surface area contributed by atoms with Crippen LogP contribution in [0.2, 0.25) is 0 Å². The highest BCUT2D eigenvalue weighted by atomic mass is 32.2. The summed E-state index contributed by atoms with van der Waals surface area (Å²) in [6.07, 6.45) is 7.83. The topological polar surface area (TPSA) is 74.8 Å². The Kier molecular flexibility index (Phi) is 6.37. The van der Waals surface area contributed by atoms with E-state index in [1.807, 2.05) is 0 Å². The van der Waals surface area contributed by atoms with Crippen molar-refractivity contribution in [2.75, 3.05) is 26.2 Å². The number of benzene rings is 1. The van der Waals surface area contributed by atoms with Gasteiger partial charge in [0.05, 0.1) is 9.79 Å². The van der Waals surface area contributed by atoms with E-state index in [4.69, 9.17) is 0 Å². The van der Waals surface area contributed by atoms with Crippen LogP contribution in [0.1, 0.15) is 51.4 Å². The van der Waals surface area contributed by atoms with Crippen molar-refractivity contribution in [1.82, 2.24) is 8.61 Å². The Balaban J connectivity index is 1.79. The van der Waals surface area contributed by atoms with E-state index < -0.39 is 20.0 Å². The average Bonchev–Trinajstić information content (AvgIpc) is 2.62. The summed E-state index contributed by atoms with van der Waals surface area (Å²) in [5, 5.41) is 0. The van der Waals surface area contributed by atoms with Crippen LogP contribution in [0.5, 0.6) is 0 Å². The first-order chi connectivity index (χ1) is 12.4. The van der Waals surface area contributed by atoms with Crippen LogP contribution in [0.25, 0.3) is 0 Å². The van der Waals surface area contributed by atoms with E-state index >= 15 is 0 Å². The minimum atomic E-state index is -3.56. The highest BCUT2D eigenvalue weighted by Crippen LogP contribution is 2.24. The summed E-state index contributed by atoms with van der Waals surface area (Å²) < 4.78 is 54.2. The lowest BCUT2D eigenvalue weighted by atomic mass is 10.1. The largest absolute Gasteiger partial charge is 0.243 e. The van der Waals surface area contributed by atoms with Crippen molar-refractivity contribution in [2.45, 2.75) is 61.2 Å². The Bertz CT molecular complexity index is 790. The molecule has 2 fully saturated rings. The maximum Gasteiger partial charge on any atom is 0.243 e. The van der Waals surface area contributed by atoms with E-state index in [1.54, 1.807) is 4.31 Å². The Labute approximate surface area is 157 Å². The van der Waals surface area contributed by atoms with Gasteiger partial charge in [0.1, 0.15) is 0 Å². The second-order valence-corrected chi connectivity index (χ2v) is 11.0. The highest BCUT2D eigenvalue weighted by molar-refractivity contribution is 7.89. The van der Waals surface area contributed by atoms with Gasteiger partial charge in [-0.1, -0.05) is 25.7 Å². The maximum absolute atomic E-state index is 12.9. The van der Waals surface area contributed by atoms with Gasteiger partial charge in [0.2, 0.25) is 20.0 Å². The van der Waals surface area contributed by atoms with Crippen LogP contribution < -0.4 is 0 Å². The van der Waals surface area contributed by atoms with Crippen molar-refractivity contribution in [3.8, 4) is 0 Å². The third-order valence-corrected chi connectivity index (χ3v) is 9.06. The molecule has 0 N–H and O–H groups in total. The summed E-state index contributed by atoms with van der Waals surface area (Å²) in [6.45, 7) is 2.15. The predicted octanol–water partition coefficient (Wildman–Crippen LogP) is 2.82. The monoisotopic (exact) mass is 400 g/mol. The van der Waals surface area contributed by atoms with Gasteiger partial charge in [0, 0.05) is 26.2 Å². The van der Waals surface area contributed by atoms with Gasteiger partial charge in [0.25, 0.3) is 0 Å². The molecule has 1 aromatic rings. The second kappa shape index (κ2) is 8.37. The molecule has 0 amide bonds. The number of hydrogen-bond acceptors (Lipinski definition) is 4. The van der Waals surface area contributed by atoms with Gasteiger partial charge in [-0.25, -0.2) is 16.8 Å². The minimum absolute atomic E-state index is 0.172. The number of nitrogens with zero attached hydrogens (tertiary/aromatic N) is 2. The smallest absolute Gasteiger partial charge is 0.207 e. The molecule has 2 heterocycles. The van der Waals surface area contributed by atoms with Gasteiger partial charge in [-0.15, -0.1) is 0 Å². The number of piperidine rings is 1. The van der Waals surface area contributed by atoms with Crippen LogP contribution in [-0.4, -0.2) is 51.6 Å². The first-order valence-corrected chi connectivity index (χ1v) is 12.4. The molecule has 0 aliphatic carbocycles. The normalized spacial score (nSPS) is 21.8. The van der Waals surface area contributed by atoms with E-state index in [2.05, 4.69) is 0 Å². The van der Waals surface area contributed by atoms with Crippen molar-refractivity contribution in [2.24, 2.45) is 0 Å². The molecule has 0 aromatic heterocycles. The molecule has 0 atom stereocenters. The average molecular weight is 401 g/mol. The molecule has 0 saturated carbocycles. The van der Waals surface area contributed by atoms with Gasteiger partial charge < -0.3 is 0 Å².